The summed E-state index contributed by atoms with van der Waals surface area (Å²) in [5, 5.41) is 12.0. The molecule has 0 amide bonds. The number of benzene rings is 1. The second kappa shape index (κ2) is 5.38. The monoisotopic (exact) mass is 428 g/mol. The number of ether oxygens (including phenoxy) is 1. The van der Waals surface area contributed by atoms with Gasteiger partial charge in [-0.1, -0.05) is 50.7 Å². The van der Waals surface area contributed by atoms with Crippen LogP contribution in [0.15, 0.2) is 22.7 Å². The van der Waals surface area contributed by atoms with Gasteiger partial charge in [0.25, 0.3) is 5.54 Å². The molecule has 0 N–H and O–H groups in total. The highest BCUT2D eigenvalue weighted by atomic mass is 79.9. The van der Waals surface area contributed by atoms with E-state index >= 15 is 0 Å². The van der Waals surface area contributed by atoms with Gasteiger partial charge in [0.15, 0.2) is 0 Å². The normalized spacial score (nSPS) is 31.3. The van der Waals surface area contributed by atoms with Crippen molar-refractivity contribution in [3.8, 4) is 5.75 Å². The lowest BCUT2D eigenvalue weighted by molar-refractivity contribution is -0.581. The van der Waals surface area contributed by atoms with E-state index in [4.69, 9.17) is 39.5 Å². The highest BCUT2D eigenvalue weighted by Gasteiger charge is 2.70. The van der Waals surface area contributed by atoms with Crippen molar-refractivity contribution in [2.24, 2.45) is 0 Å². The smallest absolute Gasteiger partial charge is 0.282 e. The first-order valence-corrected chi connectivity index (χ1v) is 8.45. The first-order valence-electron chi connectivity index (χ1n) is 6.52. The molecule has 0 aliphatic carbocycles. The lowest BCUT2D eigenvalue weighted by Crippen LogP contribution is -2.63. The van der Waals surface area contributed by atoms with Gasteiger partial charge in [0.05, 0.1) is 12.5 Å². The topological polar surface area (TPSA) is 55.6 Å². The molecule has 2 heterocycles. The lowest BCUT2D eigenvalue weighted by Gasteiger charge is -2.41. The molecule has 0 unspecified atom stereocenters. The summed E-state index contributed by atoms with van der Waals surface area (Å²) in [5.41, 5.74) is -0.728. The number of nitrogens with zero attached hydrogens (tertiary/aromatic N) is 2. The Hall–Kier alpha value is -0.270. The van der Waals surface area contributed by atoms with E-state index in [1.807, 2.05) is 18.0 Å². The lowest BCUT2D eigenvalue weighted by atomic mass is 9.76. The van der Waals surface area contributed by atoms with Gasteiger partial charge in [-0.05, 0) is 25.2 Å². The van der Waals surface area contributed by atoms with Crippen molar-refractivity contribution < 1.29 is 9.66 Å². The van der Waals surface area contributed by atoms with Crippen molar-refractivity contribution in [3.05, 3.63) is 38.3 Å². The van der Waals surface area contributed by atoms with E-state index in [0.717, 1.165) is 10.0 Å². The van der Waals surface area contributed by atoms with Gasteiger partial charge in [0.2, 0.25) is 9.90 Å². The number of alkyl halides is 3. The SMILES string of the molecule is CN1C[C@H]2c3cc(Br)ccc3O[C@H](C(Cl)(Cl)Cl)[C@@]2([N+](=O)[O-])C1. The molecule has 0 spiro atoms. The van der Waals surface area contributed by atoms with Gasteiger partial charge < -0.3 is 4.74 Å². The minimum absolute atomic E-state index is 0.162. The van der Waals surface area contributed by atoms with Crippen molar-refractivity contribution in [2.75, 3.05) is 20.1 Å². The molecule has 1 saturated heterocycles. The van der Waals surface area contributed by atoms with Crippen molar-refractivity contribution in [1.82, 2.24) is 4.90 Å². The van der Waals surface area contributed by atoms with Gasteiger partial charge in [-0.25, -0.2) is 0 Å². The predicted octanol–water partition coefficient (Wildman–Crippen LogP) is 3.62. The summed E-state index contributed by atoms with van der Waals surface area (Å²) in [5.74, 6) is 0.117. The largest absolute Gasteiger partial charge is 0.478 e. The van der Waals surface area contributed by atoms with Gasteiger partial charge in [-0.3, -0.25) is 15.0 Å². The van der Waals surface area contributed by atoms with E-state index in [-0.39, 0.29) is 11.5 Å². The molecule has 0 radical (unpaired) electrons. The van der Waals surface area contributed by atoms with Crippen LogP contribution in [0.1, 0.15) is 11.5 Å². The summed E-state index contributed by atoms with van der Waals surface area (Å²) in [6, 6.07) is 5.38. The number of nitro groups is 1. The van der Waals surface area contributed by atoms with Crippen molar-refractivity contribution >= 4 is 50.7 Å². The highest BCUT2D eigenvalue weighted by Crippen LogP contribution is 2.54. The van der Waals surface area contributed by atoms with Gasteiger partial charge in [-0.2, -0.15) is 0 Å². The van der Waals surface area contributed by atoms with E-state index in [2.05, 4.69) is 15.9 Å². The molecular formula is C13H12BrCl3N2O3. The molecule has 3 rings (SSSR count). The molecule has 120 valence electrons. The third kappa shape index (κ3) is 2.40. The molecule has 2 aliphatic heterocycles. The summed E-state index contributed by atoms with van der Waals surface area (Å²) in [6.07, 6.45) is -1.16. The van der Waals surface area contributed by atoms with Crippen LogP contribution in [0.25, 0.3) is 0 Å². The van der Waals surface area contributed by atoms with Crippen LogP contribution < -0.4 is 4.74 Å². The van der Waals surface area contributed by atoms with Crippen LogP contribution in [-0.2, 0) is 0 Å². The Morgan fingerprint density at radius 2 is 2.18 bits per heavy atom. The number of fused-ring (bicyclic) bond motifs is 3. The molecule has 0 bridgehead atoms. The van der Waals surface area contributed by atoms with Gasteiger partial charge >= 0.3 is 0 Å². The standard InChI is InChI=1S/C13H12BrCl3N2O3/c1-18-5-9-8-4-7(14)2-3-10(8)22-11(13(15,16)17)12(9,6-18)19(20)21/h2-4,9,11H,5-6H2,1H3/t9-,11-,12+/m0/s1. The molecule has 3 atom stereocenters. The molecule has 1 aromatic rings. The number of hydrogen-bond donors (Lipinski definition) is 0. The molecule has 1 fully saturated rings. The van der Waals surface area contributed by atoms with E-state index < -0.39 is 21.4 Å². The zero-order chi connectivity index (χ0) is 16.3. The van der Waals surface area contributed by atoms with E-state index in [0.29, 0.717) is 12.3 Å². The Balaban J connectivity index is 2.23. The minimum Gasteiger partial charge on any atom is -0.478 e. The summed E-state index contributed by atoms with van der Waals surface area (Å²) < 4.78 is 4.72. The Bertz CT molecular complexity index is 639. The van der Waals surface area contributed by atoms with Crippen LogP contribution in [0.4, 0.5) is 0 Å². The van der Waals surface area contributed by atoms with E-state index in [1.54, 1.807) is 12.1 Å². The van der Waals surface area contributed by atoms with Gasteiger partial charge in [0, 0.05) is 21.5 Å². The Labute approximate surface area is 150 Å². The molecule has 22 heavy (non-hydrogen) atoms. The fourth-order valence-corrected chi connectivity index (χ4v) is 4.55. The fourth-order valence-electron chi connectivity index (χ4n) is 3.47. The zero-order valence-electron chi connectivity index (χ0n) is 11.4. The van der Waals surface area contributed by atoms with Crippen LogP contribution >= 0.6 is 50.7 Å². The number of halogens is 4. The Morgan fingerprint density at radius 3 is 2.77 bits per heavy atom. The number of rotatable bonds is 1. The summed E-state index contributed by atoms with van der Waals surface area (Å²) in [4.78, 5) is 13.5. The average Bonchev–Trinajstić information content (AvgIpc) is 2.75. The van der Waals surface area contributed by atoms with Gasteiger partial charge in [-0.15, -0.1) is 0 Å². The first kappa shape index (κ1) is 16.6. The van der Waals surface area contributed by atoms with E-state index in [9.17, 15) is 10.1 Å². The maximum Gasteiger partial charge on any atom is 0.282 e. The summed E-state index contributed by atoms with van der Waals surface area (Å²) >= 11 is 21.5. The van der Waals surface area contributed by atoms with Crippen molar-refractivity contribution in [2.45, 2.75) is 21.4 Å². The zero-order valence-corrected chi connectivity index (χ0v) is 15.3. The number of likely N-dealkylation sites (N-methyl/N-ethyl adjacent to an activating group) is 1. The molecule has 5 nitrogen and oxygen atoms in total. The summed E-state index contributed by atoms with van der Waals surface area (Å²) in [6.45, 7) is 0.667. The molecule has 9 heteroatoms. The van der Waals surface area contributed by atoms with Gasteiger partial charge in [0.1, 0.15) is 5.75 Å². The summed E-state index contributed by atoms with van der Waals surface area (Å²) in [7, 11) is 1.82. The van der Waals surface area contributed by atoms with Crippen LogP contribution in [0.5, 0.6) is 5.75 Å². The molecule has 2 aliphatic rings. The first-order chi connectivity index (χ1) is 10.2. The third-order valence-electron chi connectivity index (χ3n) is 4.30. The maximum atomic E-state index is 12.0. The van der Waals surface area contributed by atoms with Crippen LogP contribution in [0.2, 0.25) is 0 Å². The molecule has 1 aromatic carbocycles. The van der Waals surface area contributed by atoms with Crippen LogP contribution in [-0.4, -0.2) is 45.4 Å². The van der Waals surface area contributed by atoms with Crippen LogP contribution in [0.3, 0.4) is 0 Å². The fraction of sp³-hybridized carbons (Fsp3) is 0.538. The van der Waals surface area contributed by atoms with Crippen molar-refractivity contribution in [3.63, 3.8) is 0 Å². The van der Waals surface area contributed by atoms with E-state index in [1.165, 1.54) is 0 Å². The average molecular weight is 431 g/mol. The van der Waals surface area contributed by atoms with Crippen LogP contribution in [0, 0.1) is 10.1 Å². The molecule has 0 saturated carbocycles. The number of likely N-dealkylation sites (tertiary alicyclic amines) is 1. The maximum absolute atomic E-state index is 12.0. The quantitative estimate of drug-likeness (QED) is 0.388. The Kier molecular flexibility index (Phi) is 4.06. The second-order valence-corrected chi connectivity index (χ2v) is 9.00. The second-order valence-electron chi connectivity index (χ2n) is 5.72. The minimum atomic E-state index is -1.90. The Morgan fingerprint density at radius 1 is 1.50 bits per heavy atom. The third-order valence-corrected chi connectivity index (χ3v) is 5.39. The highest BCUT2D eigenvalue weighted by molar-refractivity contribution is 9.10. The molecule has 0 aromatic heterocycles. The van der Waals surface area contributed by atoms with Crippen molar-refractivity contribution in [1.29, 1.82) is 0 Å². The number of hydrogen-bond acceptors (Lipinski definition) is 4. The molecular weight excluding hydrogens is 418 g/mol. The predicted molar refractivity (Wildman–Crippen MR) is 88.8 cm³/mol.